The van der Waals surface area contributed by atoms with Gasteiger partial charge in [0.25, 0.3) is 0 Å². The maximum Gasteiger partial charge on any atom is 0.179 e. The predicted octanol–water partition coefficient (Wildman–Crippen LogP) is 3.72. The number of likely N-dealkylation sites (tertiary alicyclic amines) is 1. The van der Waals surface area contributed by atoms with Gasteiger partial charge in [0, 0.05) is 19.6 Å². The van der Waals surface area contributed by atoms with Crippen molar-refractivity contribution in [1.82, 2.24) is 9.21 Å². The molecule has 0 amide bonds. The summed E-state index contributed by atoms with van der Waals surface area (Å²) in [4.78, 5) is 1.66. The van der Waals surface area contributed by atoms with Gasteiger partial charge in [-0.15, -0.1) is 0 Å². The van der Waals surface area contributed by atoms with Crippen LogP contribution in [0.4, 0.5) is 5.69 Å². The van der Waals surface area contributed by atoms with Crippen molar-refractivity contribution < 1.29 is 9.11 Å². The topological polar surface area (TPSA) is 82.8 Å². The van der Waals surface area contributed by atoms with E-state index in [-0.39, 0.29) is 6.04 Å². The largest absolute Gasteiger partial charge is 0.309 e. The molecule has 0 radical (unpaired) electrons. The maximum absolute atomic E-state index is 10.6. The third-order valence-electron chi connectivity index (χ3n) is 4.83. The number of fused-ring (bicyclic) bond motifs is 1. The van der Waals surface area contributed by atoms with Gasteiger partial charge in [-0.2, -0.15) is 9.57 Å². The van der Waals surface area contributed by atoms with Crippen molar-refractivity contribution >= 4 is 16.6 Å². The van der Waals surface area contributed by atoms with Crippen LogP contribution in [0.15, 0.2) is 48.5 Å². The van der Waals surface area contributed by atoms with Crippen molar-refractivity contribution in [1.29, 1.82) is 5.26 Å². The highest BCUT2D eigenvalue weighted by Gasteiger charge is 2.38. The van der Waals surface area contributed by atoms with Gasteiger partial charge in [0.1, 0.15) is 0 Å². The van der Waals surface area contributed by atoms with Crippen LogP contribution in [-0.4, -0.2) is 37.4 Å². The van der Waals surface area contributed by atoms with Crippen LogP contribution in [-0.2, 0) is 6.54 Å². The Hall–Kier alpha value is -2.24. The second-order valence-corrected chi connectivity index (χ2v) is 8.13. The normalized spacial score (nSPS) is 23.4. The zero-order valence-electron chi connectivity index (χ0n) is 13.7. The number of hydrogen-bond donors (Lipinski definition) is 3. The fraction of sp³-hybridized carbons (Fsp3) is 0.278. The fourth-order valence-electron chi connectivity index (χ4n) is 3.49. The molecule has 130 valence electrons. The van der Waals surface area contributed by atoms with Gasteiger partial charge in [-0.25, -0.2) is 0 Å². The number of nitriles is 1. The summed E-state index contributed by atoms with van der Waals surface area (Å²) in [6, 6.07) is 16.0. The summed E-state index contributed by atoms with van der Waals surface area (Å²) >= 11 is 0. The Labute approximate surface area is 148 Å². The van der Waals surface area contributed by atoms with Crippen molar-refractivity contribution in [2.75, 3.05) is 17.8 Å². The molecule has 2 aromatic rings. The molecular weight excluding hydrogens is 336 g/mol. The lowest BCUT2D eigenvalue weighted by Gasteiger charge is -2.49. The molecule has 25 heavy (non-hydrogen) atoms. The minimum atomic E-state index is -3.10. The Morgan fingerprint density at radius 1 is 1.12 bits per heavy atom. The summed E-state index contributed by atoms with van der Waals surface area (Å²) in [6.07, 6.45) is 2.89. The number of nitrogens with one attached hydrogen (secondary N) is 1. The molecule has 2 heterocycles. The van der Waals surface area contributed by atoms with E-state index in [4.69, 9.17) is 5.26 Å². The van der Waals surface area contributed by atoms with E-state index in [0.717, 1.165) is 28.8 Å². The van der Waals surface area contributed by atoms with Gasteiger partial charge in [-0.05, 0) is 29.2 Å². The standard InChI is InChI=1S/C18H20N4O2S/c19-13-21-9-8-17(12-21)22-11-16-7-6-15(14-4-2-1-3-5-14)10-18(16)20-25(22,23)24/h1-7,10,17,20,23-24H,8-9,11-12H2. The van der Waals surface area contributed by atoms with Crippen LogP contribution in [0.2, 0.25) is 0 Å². The van der Waals surface area contributed by atoms with Gasteiger partial charge >= 0.3 is 0 Å². The smallest absolute Gasteiger partial charge is 0.179 e. The van der Waals surface area contributed by atoms with Crippen LogP contribution in [0.3, 0.4) is 0 Å². The van der Waals surface area contributed by atoms with Crippen LogP contribution in [0.1, 0.15) is 12.0 Å². The maximum atomic E-state index is 10.6. The molecule has 0 bridgehead atoms. The Kier molecular flexibility index (Phi) is 4.06. The fourth-order valence-corrected chi connectivity index (χ4v) is 5.00. The van der Waals surface area contributed by atoms with Crippen molar-refractivity contribution in [2.24, 2.45) is 0 Å². The molecule has 0 aromatic heterocycles. The van der Waals surface area contributed by atoms with E-state index < -0.39 is 11.0 Å². The zero-order chi connectivity index (χ0) is 17.4. The van der Waals surface area contributed by atoms with E-state index in [1.165, 1.54) is 0 Å². The highest BCUT2D eigenvalue weighted by molar-refractivity contribution is 8.23. The Morgan fingerprint density at radius 2 is 1.92 bits per heavy atom. The third kappa shape index (κ3) is 3.05. The number of benzene rings is 2. The molecule has 6 nitrogen and oxygen atoms in total. The average Bonchev–Trinajstić information content (AvgIpc) is 3.09. The molecule has 1 unspecified atom stereocenters. The van der Waals surface area contributed by atoms with Crippen molar-refractivity contribution in [3.05, 3.63) is 54.1 Å². The SMILES string of the molecule is N#CN1CCC(N2Cc3ccc(-c4ccccc4)cc3NS2(O)O)C1. The van der Waals surface area contributed by atoms with Gasteiger partial charge in [0.2, 0.25) is 0 Å². The summed E-state index contributed by atoms with van der Waals surface area (Å²) in [5.74, 6) is 0. The summed E-state index contributed by atoms with van der Waals surface area (Å²) in [6.45, 7) is 1.65. The van der Waals surface area contributed by atoms with Crippen LogP contribution in [0.25, 0.3) is 11.1 Å². The molecular formula is C18H20N4O2S. The Bertz CT molecular complexity index is 822. The Balaban J connectivity index is 1.62. The number of anilines is 1. The molecule has 2 aliphatic heterocycles. The molecule has 1 atom stereocenters. The molecule has 3 N–H and O–H groups in total. The van der Waals surface area contributed by atoms with Crippen molar-refractivity contribution in [3.63, 3.8) is 0 Å². The first kappa shape index (κ1) is 16.2. The third-order valence-corrected chi connectivity index (χ3v) is 6.40. The van der Waals surface area contributed by atoms with E-state index in [2.05, 4.69) is 17.0 Å². The molecule has 0 spiro atoms. The molecule has 2 aromatic carbocycles. The zero-order valence-corrected chi connectivity index (χ0v) is 14.5. The van der Waals surface area contributed by atoms with Gasteiger partial charge < -0.3 is 4.90 Å². The lowest BCUT2D eigenvalue weighted by Crippen LogP contribution is -2.43. The summed E-state index contributed by atoms with van der Waals surface area (Å²) < 4.78 is 25.9. The molecule has 4 rings (SSSR count). The number of hydrogen-bond acceptors (Lipinski definition) is 6. The number of rotatable bonds is 2. The summed E-state index contributed by atoms with van der Waals surface area (Å²) in [7, 11) is -3.10. The summed E-state index contributed by atoms with van der Waals surface area (Å²) in [5, 5.41) is 9.03. The molecule has 0 saturated carbocycles. The first-order chi connectivity index (χ1) is 12.1. The van der Waals surface area contributed by atoms with Gasteiger partial charge in [-0.3, -0.25) is 13.8 Å². The monoisotopic (exact) mass is 356 g/mol. The lowest BCUT2D eigenvalue weighted by molar-refractivity contribution is 0.276. The van der Waals surface area contributed by atoms with E-state index in [0.29, 0.717) is 19.6 Å². The minimum absolute atomic E-state index is 0.0425. The average molecular weight is 356 g/mol. The lowest BCUT2D eigenvalue weighted by atomic mass is 10.0. The molecule has 2 aliphatic rings. The van der Waals surface area contributed by atoms with Crippen LogP contribution in [0.5, 0.6) is 0 Å². The second-order valence-electron chi connectivity index (χ2n) is 6.42. The number of nitrogens with zero attached hydrogens (tertiary/aromatic N) is 3. The highest BCUT2D eigenvalue weighted by Crippen LogP contribution is 2.51. The second kappa shape index (κ2) is 6.24. The van der Waals surface area contributed by atoms with Gasteiger partial charge in [-0.1, -0.05) is 53.4 Å². The van der Waals surface area contributed by atoms with Crippen LogP contribution < -0.4 is 4.72 Å². The van der Waals surface area contributed by atoms with Crippen LogP contribution in [0, 0.1) is 11.5 Å². The van der Waals surface area contributed by atoms with E-state index >= 15 is 0 Å². The van der Waals surface area contributed by atoms with Gasteiger partial charge in [0.15, 0.2) is 6.19 Å². The van der Waals surface area contributed by atoms with Gasteiger partial charge in [0.05, 0.1) is 11.7 Å². The first-order valence-electron chi connectivity index (χ1n) is 8.22. The van der Waals surface area contributed by atoms with E-state index in [9.17, 15) is 9.11 Å². The van der Waals surface area contributed by atoms with Crippen molar-refractivity contribution in [3.8, 4) is 17.3 Å². The molecule has 0 aliphatic carbocycles. The van der Waals surface area contributed by atoms with E-state index in [1.54, 1.807) is 9.21 Å². The molecule has 1 fully saturated rings. The predicted molar refractivity (Wildman–Crippen MR) is 99.5 cm³/mol. The molecule has 1 saturated heterocycles. The first-order valence-corrected chi connectivity index (χ1v) is 9.73. The van der Waals surface area contributed by atoms with Crippen molar-refractivity contribution in [2.45, 2.75) is 19.0 Å². The quantitative estimate of drug-likeness (QED) is 0.712. The minimum Gasteiger partial charge on any atom is -0.309 e. The highest BCUT2D eigenvalue weighted by atomic mass is 32.3. The Morgan fingerprint density at radius 3 is 2.64 bits per heavy atom. The molecule has 7 heteroatoms. The summed E-state index contributed by atoms with van der Waals surface area (Å²) in [5.41, 5.74) is 3.91. The van der Waals surface area contributed by atoms with Crippen LogP contribution >= 0.6 is 11.0 Å². The van der Waals surface area contributed by atoms with E-state index in [1.807, 2.05) is 42.5 Å².